The number of likely N-dealkylation sites (N-methyl/N-ethyl adjacent to an activating group) is 1. The number of methoxy groups -OCH3 is 2. The molecule has 0 spiro atoms. The van der Waals surface area contributed by atoms with Crippen molar-refractivity contribution in [3.05, 3.63) is 23.8 Å². The van der Waals surface area contributed by atoms with E-state index in [1.54, 1.807) is 14.2 Å². The minimum atomic E-state index is -0.255. The molecule has 2 atom stereocenters. The first-order valence-corrected chi connectivity index (χ1v) is 11.5. The summed E-state index contributed by atoms with van der Waals surface area (Å²) in [6, 6.07) is 5.74. The molecule has 0 bridgehead atoms. The van der Waals surface area contributed by atoms with E-state index in [0.717, 1.165) is 68.9 Å². The maximum atomic E-state index is 13.6. The van der Waals surface area contributed by atoms with Gasteiger partial charge in [-0.3, -0.25) is 9.59 Å². The number of benzene rings is 1. The van der Waals surface area contributed by atoms with Crippen LogP contribution in [0.1, 0.15) is 37.2 Å². The van der Waals surface area contributed by atoms with Gasteiger partial charge in [-0.05, 0) is 38.1 Å². The molecule has 3 fully saturated rings. The van der Waals surface area contributed by atoms with E-state index >= 15 is 0 Å². The molecule has 2 aliphatic heterocycles. The molecule has 31 heavy (non-hydrogen) atoms. The van der Waals surface area contributed by atoms with Crippen molar-refractivity contribution in [1.82, 2.24) is 14.7 Å². The average molecular weight is 430 g/mol. The summed E-state index contributed by atoms with van der Waals surface area (Å²) in [4.78, 5) is 33.0. The van der Waals surface area contributed by atoms with E-state index in [0.29, 0.717) is 13.1 Å². The van der Waals surface area contributed by atoms with Gasteiger partial charge in [-0.2, -0.15) is 0 Å². The van der Waals surface area contributed by atoms with Crippen LogP contribution >= 0.6 is 0 Å². The minimum absolute atomic E-state index is 0.0949. The van der Waals surface area contributed by atoms with Gasteiger partial charge in [0.15, 0.2) is 0 Å². The van der Waals surface area contributed by atoms with Crippen molar-refractivity contribution in [1.29, 1.82) is 0 Å². The summed E-state index contributed by atoms with van der Waals surface area (Å²) in [5.41, 5.74) is 0.955. The monoisotopic (exact) mass is 429 g/mol. The summed E-state index contributed by atoms with van der Waals surface area (Å²) in [5, 5.41) is 0. The number of hydrogen-bond donors (Lipinski definition) is 0. The molecule has 0 radical (unpaired) electrons. The van der Waals surface area contributed by atoms with E-state index in [1.165, 1.54) is 0 Å². The first kappa shape index (κ1) is 21.9. The van der Waals surface area contributed by atoms with Gasteiger partial charge in [0.2, 0.25) is 11.8 Å². The molecule has 7 heteroatoms. The highest BCUT2D eigenvalue weighted by Gasteiger charge is 2.44. The predicted molar refractivity (Wildman–Crippen MR) is 118 cm³/mol. The van der Waals surface area contributed by atoms with Crippen molar-refractivity contribution in [2.75, 3.05) is 60.5 Å². The number of ether oxygens (including phenoxy) is 2. The fraction of sp³-hybridized carbons (Fsp3) is 0.667. The molecule has 0 aromatic heterocycles. The van der Waals surface area contributed by atoms with Crippen molar-refractivity contribution in [3.8, 4) is 11.5 Å². The second-order valence-electron chi connectivity index (χ2n) is 9.17. The third-order valence-corrected chi connectivity index (χ3v) is 7.30. The first-order valence-electron chi connectivity index (χ1n) is 11.5. The molecule has 1 aromatic carbocycles. The number of carbonyl (C=O) groups excluding carboxylic acids is 2. The maximum Gasteiger partial charge on any atom is 0.228 e. The van der Waals surface area contributed by atoms with Crippen LogP contribution in [0.4, 0.5) is 0 Å². The van der Waals surface area contributed by atoms with Crippen molar-refractivity contribution in [2.45, 2.75) is 31.6 Å². The van der Waals surface area contributed by atoms with E-state index < -0.39 is 0 Å². The Morgan fingerprint density at radius 1 is 0.903 bits per heavy atom. The zero-order valence-electron chi connectivity index (χ0n) is 19.0. The summed E-state index contributed by atoms with van der Waals surface area (Å²) in [5.74, 6) is 1.63. The van der Waals surface area contributed by atoms with Crippen LogP contribution < -0.4 is 9.47 Å². The van der Waals surface area contributed by atoms with Gasteiger partial charge in [-0.15, -0.1) is 0 Å². The molecule has 3 aliphatic rings. The summed E-state index contributed by atoms with van der Waals surface area (Å²) < 4.78 is 11.1. The Kier molecular flexibility index (Phi) is 6.70. The van der Waals surface area contributed by atoms with Crippen LogP contribution in [0.25, 0.3) is 0 Å². The van der Waals surface area contributed by atoms with Crippen molar-refractivity contribution < 1.29 is 19.1 Å². The van der Waals surface area contributed by atoms with E-state index in [1.807, 2.05) is 28.0 Å². The highest BCUT2D eigenvalue weighted by molar-refractivity contribution is 5.84. The quantitative estimate of drug-likeness (QED) is 0.718. The van der Waals surface area contributed by atoms with Gasteiger partial charge in [-0.1, -0.05) is 12.8 Å². The van der Waals surface area contributed by atoms with Crippen LogP contribution in [0.5, 0.6) is 11.5 Å². The van der Waals surface area contributed by atoms with Crippen LogP contribution in [0.2, 0.25) is 0 Å². The lowest BCUT2D eigenvalue weighted by Gasteiger charge is -2.35. The fourth-order valence-electron chi connectivity index (χ4n) is 5.37. The second kappa shape index (κ2) is 9.47. The number of hydrogen-bond acceptors (Lipinski definition) is 5. The highest BCUT2D eigenvalue weighted by atomic mass is 16.5. The molecule has 2 saturated heterocycles. The third kappa shape index (κ3) is 4.52. The molecule has 1 aromatic rings. The normalized spacial score (nSPS) is 25.1. The molecular formula is C24H35N3O4. The largest absolute Gasteiger partial charge is 0.497 e. The standard InChI is InChI=1S/C24H35N3O4/c1-25-10-12-26(13-11-25)24(29)21-16-27(23(28)17-6-4-5-7-17)15-20(21)19-14-18(30-2)8-9-22(19)31-3/h8-9,14,17,20-21H,4-7,10-13,15-16H2,1-3H3/t20-,21-/m0/s1. The molecule has 0 unspecified atom stereocenters. The lowest BCUT2D eigenvalue weighted by Crippen LogP contribution is -2.50. The summed E-state index contributed by atoms with van der Waals surface area (Å²) in [7, 11) is 5.38. The Morgan fingerprint density at radius 3 is 2.26 bits per heavy atom. The number of rotatable bonds is 5. The maximum absolute atomic E-state index is 13.6. The molecule has 4 rings (SSSR count). The fourth-order valence-corrected chi connectivity index (χ4v) is 5.37. The molecule has 2 amide bonds. The van der Waals surface area contributed by atoms with E-state index in [9.17, 15) is 9.59 Å². The van der Waals surface area contributed by atoms with Crippen molar-refractivity contribution >= 4 is 11.8 Å². The Balaban J connectivity index is 1.62. The lowest BCUT2D eigenvalue weighted by atomic mass is 9.87. The number of carbonyl (C=O) groups is 2. The number of amides is 2. The van der Waals surface area contributed by atoms with Gasteiger partial charge in [0.05, 0.1) is 20.1 Å². The second-order valence-corrected chi connectivity index (χ2v) is 9.17. The topological polar surface area (TPSA) is 62.3 Å². The predicted octanol–water partition coefficient (Wildman–Crippen LogP) is 2.21. The Morgan fingerprint density at radius 2 is 1.61 bits per heavy atom. The lowest BCUT2D eigenvalue weighted by molar-refractivity contribution is -0.138. The van der Waals surface area contributed by atoms with Gasteiger partial charge in [0.1, 0.15) is 11.5 Å². The number of piperazine rings is 1. The Labute approximate surface area is 185 Å². The number of nitrogens with zero attached hydrogens (tertiary/aromatic N) is 3. The first-order chi connectivity index (χ1) is 15.0. The van der Waals surface area contributed by atoms with Gasteiger partial charge in [0, 0.05) is 56.7 Å². The van der Waals surface area contributed by atoms with Crippen LogP contribution in [-0.2, 0) is 9.59 Å². The Hall–Kier alpha value is -2.28. The summed E-state index contributed by atoms with van der Waals surface area (Å²) in [6.45, 7) is 4.30. The van der Waals surface area contributed by atoms with Crippen LogP contribution in [0.3, 0.4) is 0 Å². The third-order valence-electron chi connectivity index (χ3n) is 7.30. The van der Waals surface area contributed by atoms with Gasteiger partial charge >= 0.3 is 0 Å². The van der Waals surface area contributed by atoms with E-state index in [-0.39, 0.29) is 29.6 Å². The zero-order chi connectivity index (χ0) is 22.0. The van der Waals surface area contributed by atoms with Crippen molar-refractivity contribution in [2.24, 2.45) is 11.8 Å². The van der Waals surface area contributed by atoms with Crippen LogP contribution in [-0.4, -0.2) is 87.0 Å². The molecule has 7 nitrogen and oxygen atoms in total. The van der Waals surface area contributed by atoms with E-state index in [4.69, 9.17) is 9.47 Å². The molecular weight excluding hydrogens is 394 g/mol. The zero-order valence-corrected chi connectivity index (χ0v) is 19.0. The highest BCUT2D eigenvalue weighted by Crippen LogP contribution is 2.41. The average Bonchev–Trinajstić information content (AvgIpc) is 3.49. The molecule has 170 valence electrons. The van der Waals surface area contributed by atoms with Gasteiger partial charge < -0.3 is 24.2 Å². The Bertz CT molecular complexity index is 800. The molecule has 1 saturated carbocycles. The minimum Gasteiger partial charge on any atom is -0.497 e. The SMILES string of the molecule is COc1ccc(OC)c([C@@H]2CN(C(=O)C3CCCC3)C[C@@H]2C(=O)N2CCN(C)CC2)c1. The molecule has 1 aliphatic carbocycles. The summed E-state index contributed by atoms with van der Waals surface area (Å²) >= 11 is 0. The van der Waals surface area contributed by atoms with Crippen LogP contribution in [0.15, 0.2) is 18.2 Å². The molecule has 2 heterocycles. The van der Waals surface area contributed by atoms with Gasteiger partial charge in [0.25, 0.3) is 0 Å². The van der Waals surface area contributed by atoms with Crippen LogP contribution in [0, 0.1) is 11.8 Å². The summed E-state index contributed by atoms with van der Waals surface area (Å²) in [6.07, 6.45) is 4.20. The van der Waals surface area contributed by atoms with Gasteiger partial charge in [-0.25, -0.2) is 0 Å². The number of likely N-dealkylation sites (tertiary alicyclic amines) is 1. The molecule has 0 N–H and O–H groups in total. The smallest absolute Gasteiger partial charge is 0.228 e. The van der Waals surface area contributed by atoms with E-state index in [2.05, 4.69) is 11.9 Å². The van der Waals surface area contributed by atoms with Crippen molar-refractivity contribution in [3.63, 3.8) is 0 Å².